The second kappa shape index (κ2) is 9.70. The third-order valence-electron chi connectivity index (χ3n) is 6.67. The van der Waals surface area contributed by atoms with E-state index >= 15 is 4.39 Å². The van der Waals surface area contributed by atoms with Crippen LogP contribution in [0.25, 0.3) is 22.2 Å². The summed E-state index contributed by atoms with van der Waals surface area (Å²) in [5.74, 6) is -3.67. The molecule has 1 saturated carbocycles. The summed E-state index contributed by atoms with van der Waals surface area (Å²) in [6.07, 6.45) is -1.64. The quantitative estimate of drug-likeness (QED) is 0.367. The van der Waals surface area contributed by atoms with E-state index in [1.807, 2.05) is 0 Å². The smallest absolute Gasteiger partial charge is 0.323 e. The lowest BCUT2D eigenvalue weighted by atomic mass is 9.90. The minimum absolute atomic E-state index is 0.0845. The normalized spacial score (nSPS) is 19.5. The number of para-hydroxylation sites is 2. The van der Waals surface area contributed by atoms with Crippen molar-refractivity contribution in [3.63, 3.8) is 0 Å². The van der Waals surface area contributed by atoms with Gasteiger partial charge >= 0.3 is 5.69 Å². The van der Waals surface area contributed by atoms with Crippen LogP contribution in [0.4, 0.5) is 14.5 Å². The van der Waals surface area contributed by atoms with E-state index in [4.69, 9.17) is 11.6 Å². The van der Waals surface area contributed by atoms with Gasteiger partial charge in [0.2, 0.25) is 5.91 Å². The van der Waals surface area contributed by atoms with Crippen molar-refractivity contribution >= 4 is 40.0 Å². The number of aromatic amines is 1. The fourth-order valence-electron chi connectivity index (χ4n) is 4.90. The number of anilines is 1. The van der Waals surface area contributed by atoms with E-state index in [0.29, 0.717) is 21.6 Å². The largest absolute Gasteiger partial charge is 0.326 e. The molecule has 1 aliphatic carbocycles. The van der Waals surface area contributed by atoms with Crippen LogP contribution >= 0.6 is 11.6 Å². The highest BCUT2D eigenvalue weighted by Crippen LogP contribution is 2.37. The van der Waals surface area contributed by atoms with Gasteiger partial charge in [-0.2, -0.15) is 0 Å². The SMILES string of the molecule is O=C(Cn1c(=O)[nH]c2ccccc21)C1C[C@H](F)C[C@H]1C(=O)Nc1cccc(-c2ccccc2Cl)c1F. The Kier molecular flexibility index (Phi) is 6.45. The van der Waals surface area contributed by atoms with Gasteiger partial charge in [-0.3, -0.25) is 14.2 Å². The van der Waals surface area contributed by atoms with Crippen LogP contribution in [0.5, 0.6) is 0 Å². The number of fused-ring (bicyclic) bond motifs is 1. The average molecular weight is 510 g/mol. The zero-order valence-corrected chi connectivity index (χ0v) is 19.8. The Morgan fingerprint density at radius 3 is 2.47 bits per heavy atom. The van der Waals surface area contributed by atoms with Crippen LogP contribution in [0.3, 0.4) is 0 Å². The number of nitrogens with one attached hydrogen (secondary N) is 2. The Labute approximate surface area is 209 Å². The van der Waals surface area contributed by atoms with E-state index in [-0.39, 0.29) is 30.6 Å². The van der Waals surface area contributed by atoms with Gasteiger partial charge in [0.25, 0.3) is 0 Å². The van der Waals surface area contributed by atoms with Gasteiger partial charge in [0.05, 0.1) is 29.2 Å². The van der Waals surface area contributed by atoms with E-state index in [0.717, 1.165) is 0 Å². The monoisotopic (exact) mass is 509 g/mol. The van der Waals surface area contributed by atoms with E-state index in [9.17, 15) is 18.8 Å². The molecule has 0 saturated heterocycles. The molecule has 36 heavy (non-hydrogen) atoms. The Bertz CT molecular complexity index is 1530. The third kappa shape index (κ3) is 4.44. The number of ketones is 1. The summed E-state index contributed by atoms with van der Waals surface area (Å²) in [5, 5.41) is 2.89. The van der Waals surface area contributed by atoms with Gasteiger partial charge in [-0.25, -0.2) is 13.6 Å². The number of aromatic nitrogens is 2. The second-order valence-corrected chi connectivity index (χ2v) is 9.32. The summed E-state index contributed by atoms with van der Waals surface area (Å²) in [7, 11) is 0. The molecule has 184 valence electrons. The third-order valence-corrected chi connectivity index (χ3v) is 7.00. The summed E-state index contributed by atoms with van der Waals surface area (Å²) in [5.41, 5.74) is 1.25. The van der Waals surface area contributed by atoms with Crippen LogP contribution < -0.4 is 11.0 Å². The van der Waals surface area contributed by atoms with Gasteiger partial charge in [0.15, 0.2) is 11.6 Å². The van der Waals surface area contributed by atoms with Gasteiger partial charge in [-0.05, 0) is 37.1 Å². The van der Waals surface area contributed by atoms with Crippen LogP contribution in [-0.2, 0) is 16.1 Å². The number of carbonyl (C=O) groups excluding carboxylic acids is 2. The highest BCUT2D eigenvalue weighted by atomic mass is 35.5. The van der Waals surface area contributed by atoms with Crippen molar-refractivity contribution < 1.29 is 18.4 Å². The summed E-state index contributed by atoms with van der Waals surface area (Å²) in [6, 6.07) is 18.2. The first-order valence-electron chi connectivity index (χ1n) is 11.5. The topological polar surface area (TPSA) is 84.0 Å². The van der Waals surface area contributed by atoms with E-state index < -0.39 is 41.2 Å². The van der Waals surface area contributed by atoms with Gasteiger partial charge in [-0.1, -0.05) is 54.1 Å². The predicted molar refractivity (Wildman–Crippen MR) is 134 cm³/mol. The molecule has 0 bridgehead atoms. The number of Topliss-reactive ketones (excluding diaryl/α,β-unsaturated/α-hetero) is 1. The van der Waals surface area contributed by atoms with Crippen molar-refractivity contribution in [1.29, 1.82) is 0 Å². The molecule has 3 atom stereocenters. The van der Waals surface area contributed by atoms with Crippen LogP contribution in [-0.4, -0.2) is 27.4 Å². The molecule has 1 fully saturated rings. The fourth-order valence-corrected chi connectivity index (χ4v) is 5.14. The highest BCUT2D eigenvalue weighted by Gasteiger charge is 2.43. The predicted octanol–water partition coefficient (Wildman–Crippen LogP) is 5.36. The number of hydrogen-bond donors (Lipinski definition) is 2. The standard InChI is InChI=1S/C27H22ClF2N3O3/c28-20-8-2-1-6-16(20)17-7-5-10-22(25(17)30)31-26(35)19-13-15(29)12-18(19)24(34)14-33-23-11-4-3-9-21(23)32-27(33)36/h1-11,15,18-19H,12-14H2,(H,31,35)(H,32,36)/t15-,18?,19+/m0/s1. The number of H-pyrrole nitrogens is 1. The molecule has 3 aromatic carbocycles. The molecule has 0 spiro atoms. The minimum Gasteiger partial charge on any atom is -0.323 e. The van der Waals surface area contributed by atoms with Gasteiger partial charge in [-0.15, -0.1) is 0 Å². The van der Waals surface area contributed by atoms with Crippen molar-refractivity contribution in [3.8, 4) is 11.1 Å². The number of benzene rings is 3. The Balaban J connectivity index is 1.37. The van der Waals surface area contributed by atoms with Gasteiger partial charge in [0.1, 0.15) is 6.17 Å². The number of carbonyl (C=O) groups is 2. The van der Waals surface area contributed by atoms with Crippen molar-refractivity contribution in [1.82, 2.24) is 9.55 Å². The van der Waals surface area contributed by atoms with Crippen molar-refractivity contribution in [3.05, 3.63) is 88.1 Å². The van der Waals surface area contributed by atoms with Crippen LogP contribution in [0, 0.1) is 17.7 Å². The first-order valence-corrected chi connectivity index (χ1v) is 11.9. The fraction of sp³-hybridized carbons (Fsp3) is 0.222. The van der Waals surface area contributed by atoms with Crippen LogP contribution in [0.2, 0.25) is 5.02 Å². The molecule has 1 aromatic heterocycles. The van der Waals surface area contributed by atoms with Crippen molar-refractivity contribution in [2.45, 2.75) is 25.6 Å². The summed E-state index contributed by atoms with van der Waals surface area (Å²) in [6.45, 7) is -0.291. The summed E-state index contributed by atoms with van der Waals surface area (Å²) >= 11 is 6.21. The molecule has 0 aliphatic heterocycles. The molecule has 4 aromatic rings. The number of hydrogen-bond acceptors (Lipinski definition) is 3. The van der Waals surface area contributed by atoms with Gasteiger partial charge in [0, 0.05) is 22.1 Å². The van der Waals surface area contributed by atoms with Crippen LogP contribution in [0.15, 0.2) is 71.5 Å². The highest BCUT2D eigenvalue weighted by molar-refractivity contribution is 6.33. The van der Waals surface area contributed by atoms with Crippen molar-refractivity contribution in [2.24, 2.45) is 11.8 Å². The lowest BCUT2D eigenvalue weighted by molar-refractivity contribution is -0.130. The van der Waals surface area contributed by atoms with E-state index in [2.05, 4.69) is 10.3 Å². The minimum atomic E-state index is -1.35. The Morgan fingerprint density at radius 1 is 0.972 bits per heavy atom. The van der Waals surface area contributed by atoms with Crippen LogP contribution in [0.1, 0.15) is 12.8 Å². The number of nitrogens with zero attached hydrogens (tertiary/aromatic N) is 1. The number of rotatable bonds is 6. The average Bonchev–Trinajstić information content (AvgIpc) is 3.40. The zero-order valence-electron chi connectivity index (χ0n) is 19.0. The molecule has 1 aliphatic rings. The number of imidazole rings is 1. The first kappa shape index (κ1) is 23.9. The summed E-state index contributed by atoms with van der Waals surface area (Å²) < 4.78 is 31.0. The molecule has 0 radical (unpaired) electrons. The van der Waals surface area contributed by atoms with E-state index in [1.165, 1.54) is 10.6 Å². The number of alkyl halides is 1. The molecule has 1 unspecified atom stereocenters. The summed E-state index contributed by atoms with van der Waals surface area (Å²) in [4.78, 5) is 41.3. The molecule has 1 heterocycles. The zero-order chi connectivity index (χ0) is 25.4. The molecule has 6 nitrogen and oxygen atoms in total. The van der Waals surface area contributed by atoms with Crippen molar-refractivity contribution in [2.75, 3.05) is 5.32 Å². The maximum atomic E-state index is 15.3. The maximum Gasteiger partial charge on any atom is 0.326 e. The van der Waals surface area contributed by atoms with E-state index in [1.54, 1.807) is 60.7 Å². The molecule has 1 amide bonds. The lowest BCUT2D eigenvalue weighted by Gasteiger charge is -2.19. The first-order chi connectivity index (χ1) is 17.3. The lowest BCUT2D eigenvalue weighted by Crippen LogP contribution is -2.33. The second-order valence-electron chi connectivity index (χ2n) is 8.92. The molecule has 2 N–H and O–H groups in total. The molecule has 9 heteroatoms. The Hall–Kier alpha value is -3.78. The molecule has 5 rings (SSSR count). The van der Waals surface area contributed by atoms with Gasteiger partial charge < -0.3 is 10.3 Å². The Morgan fingerprint density at radius 2 is 1.67 bits per heavy atom. The number of halogens is 3. The molecular formula is C27H22ClF2N3O3. The number of amides is 1. The maximum absolute atomic E-state index is 15.3. The molecular weight excluding hydrogens is 488 g/mol.